The first-order chi connectivity index (χ1) is 20.7. The van der Waals surface area contributed by atoms with Crippen LogP contribution in [0, 0.1) is 25.5 Å². The molecule has 44 heavy (non-hydrogen) atoms. The van der Waals surface area contributed by atoms with E-state index >= 15 is 0 Å². The minimum atomic E-state index is -4.77. The predicted octanol–water partition coefficient (Wildman–Crippen LogP) is 6.40. The molecule has 238 valence electrons. The largest absolute Gasteiger partial charge is 0.522 e. The van der Waals surface area contributed by atoms with E-state index in [9.17, 15) is 22.0 Å². The Morgan fingerprint density at radius 3 is 2.52 bits per heavy atom. The van der Waals surface area contributed by atoms with E-state index in [0.717, 1.165) is 18.2 Å². The number of hydrogen-bond acceptors (Lipinski definition) is 8. The van der Waals surface area contributed by atoms with Crippen LogP contribution in [0.4, 0.5) is 39.1 Å². The molecule has 0 amide bonds. The maximum Gasteiger partial charge on any atom is 0.522 e. The van der Waals surface area contributed by atoms with Crippen LogP contribution >= 0.6 is 0 Å². The van der Waals surface area contributed by atoms with Gasteiger partial charge in [-0.15, -0.1) is 13.2 Å². The van der Waals surface area contributed by atoms with Gasteiger partial charge in [-0.2, -0.15) is 5.10 Å². The molecule has 1 fully saturated rings. The molecule has 3 aromatic rings. The minimum Gasteiger partial charge on any atom is -0.372 e. The van der Waals surface area contributed by atoms with Gasteiger partial charge < -0.3 is 19.7 Å². The first-order valence-corrected chi connectivity index (χ1v) is 18.0. The van der Waals surface area contributed by atoms with Crippen molar-refractivity contribution in [2.75, 3.05) is 43.1 Å². The van der Waals surface area contributed by atoms with Crippen LogP contribution < -0.4 is 10.2 Å². The Morgan fingerprint density at radius 2 is 1.84 bits per heavy atom. The minimum absolute atomic E-state index is 0.0451. The van der Waals surface area contributed by atoms with Gasteiger partial charge in [0.05, 0.1) is 47.7 Å². The van der Waals surface area contributed by atoms with Gasteiger partial charge in [0.1, 0.15) is 35.7 Å². The highest BCUT2D eigenvalue weighted by Crippen LogP contribution is 2.43. The molecule has 0 bridgehead atoms. The van der Waals surface area contributed by atoms with Gasteiger partial charge in [0.25, 0.3) is 0 Å². The molecule has 0 radical (unpaired) electrons. The Hall–Kier alpha value is -3.40. The van der Waals surface area contributed by atoms with E-state index in [2.05, 4.69) is 39.8 Å². The molecule has 1 saturated heterocycles. The SMILES string of the molecule is Cc1nn(COCC[Si](C)(C)C)c2c1N=C(c1c(F)cccc1F)Nc1c-2cc(N2CCO[C@@H](COC(F)(F)F)C2)nc1C. The summed E-state index contributed by atoms with van der Waals surface area (Å²) in [6.45, 7) is 10.9. The Labute approximate surface area is 253 Å². The zero-order valence-corrected chi connectivity index (χ0v) is 26.2. The quantitative estimate of drug-likeness (QED) is 0.165. The van der Waals surface area contributed by atoms with Crippen molar-refractivity contribution < 1.29 is 36.2 Å². The molecule has 0 spiro atoms. The summed E-state index contributed by atoms with van der Waals surface area (Å²) in [6.07, 6.45) is -5.60. The van der Waals surface area contributed by atoms with Gasteiger partial charge in [-0.25, -0.2) is 23.4 Å². The van der Waals surface area contributed by atoms with Gasteiger partial charge >= 0.3 is 6.36 Å². The second kappa shape index (κ2) is 12.5. The molecule has 0 saturated carbocycles. The number of benzene rings is 1. The lowest BCUT2D eigenvalue weighted by atomic mass is 10.1. The highest BCUT2D eigenvalue weighted by molar-refractivity contribution is 6.76. The average Bonchev–Trinajstić information content (AvgIpc) is 3.12. The number of aromatic nitrogens is 3. The molecule has 2 aromatic heterocycles. The molecule has 0 unspecified atom stereocenters. The Morgan fingerprint density at radius 1 is 1.11 bits per heavy atom. The van der Waals surface area contributed by atoms with Crippen molar-refractivity contribution in [1.29, 1.82) is 0 Å². The third-order valence-electron chi connectivity index (χ3n) is 7.31. The molecule has 1 aromatic carbocycles. The summed E-state index contributed by atoms with van der Waals surface area (Å²) in [4.78, 5) is 11.2. The smallest absolute Gasteiger partial charge is 0.372 e. The number of aryl methyl sites for hydroxylation is 2. The number of amidine groups is 1. The van der Waals surface area contributed by atoms with E-state index in [1.54, 1.807) is 24.6 Å². The van der Waals surface area contributed by atoms with E-state index in [1.165, 1.54) is 6.07 Å². The van der Waals surface area contributed by atoms with E-state index in [-0.39, 0.29) is 31.3 Å². The number of morpholine rings is 1. The summed E-state index contributed by atoms with van der Waals surface area (Å²) in [6, 6.07) is 6.32. The molecule has 9 nitrogen and oxygen atoms in total. The molecular weight excluding hydrogens is 603 g/mol. The summed E-state index contributed by atoms with van der Waals surface area (Å²) in [7, 11) is -1.35. The summed E-state index contributed by atoms with van der Waals surface area (Å²) < 4.78 is 85.2. The van der Waals surface area contributed by atoms with Gasteiger partial charge in [0.2, 0.25) is 0 Å². The third-order valence-corrected chi connectivity index (χ3v) is 9.01. The normalized spacial score (nSPS) is 17.1. The van der Waals surface area contributed by atoms with Crippen molar-refractivity contribution in [1.82, 2.24) is 14.8 Å². The number of alkyl halides is 3. The number of hydrogen-bond donors (Lipinski definition) is 1. The van der Waals surface area contributed by atoms with Crippen molar-refractivity contribution in [3.63, 3.8) is 0 Å². The van der Waals surface area contributed by atoms with Crippen molar-refractivity contribution >= 4 is 31.1 Å². The lowest BCUT2D eigenvalue weighted by Crippen LogP contribution is -2.45. The lowest BCUT2D eigenvalue weighted by Gasteiger charge is -2.34. The molecule has 5 rings (SSSR count). The number of halogens is 5. The summed E-state index contributed by atoms with van der Waals surface area (Å²) in [5, 5.41) is 7.79. The van der Waals surface area contributed by atoms with Crippen molar-refractivity contribution in [3.8, 4) is 11.3 Å². The van der Waals surface area contributed by atoms with Crippen LogP contribution in [-0.2, 0) is 20.9 Å². The molecular formula is C29H35F5N6O3Si. The number of anilines is 2. The van der Waals surface area contributed by atoms with Crippen LogP contribution in [0.3, 0.4) is 0 Å². The third kappa shape index (κ3) is 7.28. The number of rotatable bonds is 9. The standard InChI is InChI=1S/C29H35F5N6O3Si/c1-17-25-20(13-23(35-17)39-9-10-42-19(14-39)15-43-29(32,33)34)27-26(18(2)38-40(27)16-41-11-12-44(3,4)5)37-28(36-25)24-21(30)7-6-8-22(24)31/h6-8,13,19H,9-12,14-16H2,1-5H3,(H,36,37)/t19-/m1/s1. The van der Waals surface area contributed by atoms with Gasteiger partial charge in [-0.1, -0.05) is 25.7 Å². The second-order valence-electron chi connectivity index (χ2n) is 12.0. The molecule has 2 aliphatic rings. The first kappa shape index (κ1) is 32.0. The molecule has 4 heterocycles. The molecule has 2 aliphatic heterocycles. The lowest BCUT2D eigenvalue weighted by molar-refractivity contribution is -0.331. The summed E-state index contributed by atoms with van der Waals surface area (Å²) in [5.41, 5.74) is 2.69. The van der Waals surface area contributed by atoms with Gasteiger partial charge in [0, 0.05) is 33.3 Å². The first-order valence-electron chi connectivity index (χ1n) is 14.2. The molecule has 0 aliphatic carbocycles. The Kier molecular flexibility index (Phi) is 9.12. The van der Waals surface area contributed by atoms with Gasteiger partial charge in [-0.3, -0.25) is 4.74 Å². The monoisotopic (exact) mass is 638 g/mol. The fourth-order valence-electron chi connectivity index (χ4n) is 5.07. The van der Waals surface area contributed by atoms with Crippen LogP contribution in [0.15, 0.2) is 29.3 Å². The van der Waals surface area contributed by atoms with Gasteiger partial charge in [-0.05, 0) is 38.1 Å². The fraction of sp³-hybridized carbons (Fsp3) is 0.483. The van der Waals surface area contributed by atoms with Crippen molar-refractivity contribution in [3.05, 3.63) is 52.9 Å². The number of fused-ring (bicyclic) bond motifs is 3. The van der Waals surface area contributed by atoms with E-state index in [4.69, 9.17) is 14.5 Å². The zero-order valence-electron chi connectivity index (χ0n) is 25.2. The molecule has 1 N–H and O–H groups in total. The van der Waals surface area contributed by atoms with E-state index < -0.39 is 38.8 Å². The Bertz CT molecular complexity index is 1540. The number of nitrogens with zero attached hydrogens (tertiary/aromatic N) is 5. The number of ether oxygens (including phenoxy) is 3. The number of pyridine rings is 1. The van der Waals surface area contributed by atoms with Crippen molar-refractivity contribution in [2.45, 2.75) is 58.7 Å². The highest BCUT2D eigenvalue weighted by Gasteiger charge is 2.33. The fourth-order valence-corrected chi connectivity index (χ4v) is 5.83. The van der Waals surface area contributed by atoms with Crippen LogP contribution in [0.2, 0.25) is 25.7 Å². The molecule has 15 heteroatoms. The summed E-state index contributed by atoms with van der Waals surface area (Å²) >= 11 is 0. The highest BCUT2D eigenvalue weighted by atomic mass is 28.3. The van der Waals surface area contributed by atoms with E-state index in [0.29, 0.717) is 53.0 Å². The Balaban J connectivity index is 1.57. The average molecular weight is 639 g/mol. The maximum atomic E-state index is 15.0. The van der Waals surface area contributed by atoms with Gasteiger partial charge in [0.15, 0.2) is 0 Å². The predicted molar refractivity (Wildman–Crippen MR) is 159 cm³/mol. The number of aliphatic imine (C=N–C) groups is 1. The number of nitrogens with one attached hydrogen (secondary N) is 1. The van der Waals surface area contributed by atoms with E-state index in [1.807, 2.05) is 4.90 Å². The molecule has 1 atom stereocenters. The van der Waals surface area contributed by atoms with Crippen LogP contribution in [0.1, 0.15) is 17.0 Å². The second-order valence-corrected chi connectivity index (χ2v) is 17.6. The van der Waals surface area contributed by atoms with Crippen molar-refractivity contribution in [2.24, 2.45) is 4.99 Å². The van der Waals surface area contributed by atoms with Crippen LogP contribution in [0.25, 0.3) is 11.3 Å². The topological polar surface area (TPSA) is 86.0 Å². The summed E-state index contributed by atoms with van der Waals surface area (Å²) in [5.74, 6) is -1.14. The van der Waals surface area contributed by atoms with Crippen LogP contribution in [-0.4, -0.2) is 74.1 Å². The van der Waals surface area contributed by atoms with Crippen LogP contribution in [0.5, 0.6) is 0 Å². The maximum absolute atomic E-state index is 15.0. The zero-order chi connectivity index (χ0) is 31.8.